The summed E-state index contributed by atoms with van der Waals surface area (Å²) in [5.74, 6) is -1.36. The number of sulfonamides is 1. The van der Waals surface area contributed by atoms with Crippen LogP contribution in [0.15, 0.2) is 41.4 Å². The number of carbonyl (C=O) groups is 2. The van der Waals surface area contributed by atoms with E-state index in [0.717, 1.165) is 0 Å². The van der Waals surface area contributed by atoms with Gasteiger partial charge in [-0.3, -0.25) is 14.9 Å². The number of hydrogen-bond acceptors (Lipinski definition) is 6. The Hall–Kier alpha value is -2.81. The molecule has 1 aromatic heterocycles. The molecule has 3 rings (SSSR count). The number of carbonyl (C=O) groups excluding carboxylic acids is 2. The zero-order valence-electron chi connectivity index (χ0n) is 12.9. The van der Waals surface area contributed by atoms with Crippen LogP contribution in [0, 0.1) is 6.92 Å². The lowest BCUT2D eigenvalue weighted by Crippen LogP contribution is -2.45. The van der Waals surface area contributed by atoms with Gasteiger partial charge < -0.3 is 0 Å². The zero-order valence-corrected chi connectivity index (χ0v) is 13.7. The van der Waals surface area contributed by atoms with Gasteiger partial charge in [0, 0.05) is 11.9 Å². The second-order valence-corrected chi connectivity index (χ2v) is 7.07. The first-order valence-electron chi connectivity index (χ1n) is 7.10. The average Bonchev–Trinajstić information content (AvgIpc) is 2.74. The zero-order chi connectivity index (χ0) is 17.5. The van der Waals surface area contributed by atoms with Gasteiger partial charge >= 0.3 is 0 Å². The average molecular weight is 346 g/mol. The number of aryl methyl sites for hydroxylation is 1. The molecular formula is C15H14N4O4S. The number of rotatable bonds is 3. The third-order valence-electron chi connectivity index (χ3n) is 3.62. The van der Waals surface area contributed by atoms with Crippen molar-refractivity contribution in [3.8, 4) is 0 Å². The molecule has 2 amide bonds. The van der Waals surface area contributed by atoms with E-state index in [1.54, 1.807) is 19.1 Å². The Balaban J connectivity index is 1.89. The lowest BCUT2D eigenvalue weighted by Gasteiger charge is -2.21. The van der Waals surface area contributed by atoms with Gasteiger partial charge in [-0.2, -0.15) is 0 Å². The summed E-state index contributed by atoms with van der Waals surface area (Å²) in [4.78, 5) is 32.6. The largest absolute Gasteiger partial charge is 0.293 e. The third-order valence-corrected chi connectivity index (χ3v) is 5.53. The lowest BCUT2D eigenvalue weighted by atomic mass is 10.2. The molecule has 1 atom stereocenters. The van der Waals surface area contributed by atoms with E-state index in [0.29, 0.717) is 10.00 Å². The quantitative estimate of drug-likeness (QED) is 0.886. The standard InChI is InChI=1S/C15H14N4O4S/c1-9-7-8-16-15(17-9)18-13(20)10(2)19-14(21)11-5-3-4-6-12(11)24(19,22)23/h3-8,10H,1-2H3,(H,16,17,18,20)/t10-/m0/s1. The molecule has 0 saturated carbocycles. The molecular weight excluding hydrogens is 332 g/mol. The Kier molecular flexibility index (Phi) is 3.80. The second kappa shape index (κ2) is 5.68. The molecule has 0 aliphatic carbocycles. The predicted octanol–water partition coefficient (Wildman–Crippen LogP) is 0.957. The van der Waals surface area contributed by atoms with Crippen molar-refractivity contribution in [1.82, 2.24) is 14.3 Å². The number of benzene rings is 1. The summed E-state index contributed by atoms with van der Waals surface area (Å²) >= 11 is 0. The summed E-state index contributed by atoms with van der Waals surface area (Å²) in [5.41, 5.74) is 0.703. The van der Waals surface area contributed by atoms with E-state index < -0.39 is 27.9 Å². The summed E-state index contributed by atoms with van der Waals surface area (Å²) in [6.45, 7) is 3.07. The minimum Gasteiger partial charge on any atom is -0.293 e. The van der Waals surface area contributed by atoms with Crippen molar-refractivity contribution >= 4 is 27.8 Å². The van der Waals surface area contributed by atoms with Crippen LogP contribution in [-0.2, 0) is 14.8 Å². The Morgan fingerprint density at radius 2 is 1.96 bits per heavy atom. The van der Waals surface area contributed by atoms with Crippen LogP contribution in [0.25, 0.3) is 0 Å². The van der Waals surface area contributed by atoms with Crippen LogP contribution in [0.1, 0.15) is 23.0 Å². The third kappa shape index (κ3) is 2.52. The van der Waals surface area contributed by atoms with Crippen molar-refractivity contribution in [1.29, 1.82) is 0 Å². The Morgan fingerprint density at radius 3 is 2.62 bits per heavy atom. The number of fused-ring (bicyclic) bond motifs is 1. The summed E-state index contributed by atoms with van der Waals surface area (Å²) in [6, 6.07) is 6.28. The molecule has 0 unspecified atom stereocenters. The molecule has 1 N–H and O–H groups in total. The van der Waals surface area contributed by atoms with Crippen LogP contribution in [0.4, 0.5) is 5.95 Å². The van der Waals surface area contributed by atoms with Gasteiger partial charge in [0.2, 0.25) is 11.9 Å². The van der Waals surface area contributed by atoms with Crippen LogP contribution in [0.5, 0.6) is 0 Å². The molecule has 124 valence electrons. The first kappa shape index (κ1) is 16.1. The maximum atomic E-state index is 12.5. The Bertz CT molecular complexity index is 942. The molecule has 2 aromatic rings. The molecule has 0 fully saturated rings. The molecule has 2 heterocycles. The fourth-order valence-electron chi connectivity index (χ4n) is 2.42. The number of aromatic nitrogens is 2. The number of nitrogens with zero attached hydrogens (tertiary/aromatic N) is 3. The van der Waals surface area contributed by atoms with Crippen LogP contribution in [0.2, 0.25) is 0 Å². The van der Waals surface area contributed by atoms with E-state index >= 15 is 0 Å². The van der Waals surface area contributed by atoms with Gasteiger partial charge in [0.05, 0.1) is 5.56 Å². The maximum Gasteiger partial charge on any atom is 0.269 e. The number of hydrogen-bond donors (Lipinski definition) is 1. The first-order chi connectivity index (χ1) is 11.3. The van der Waals surface area contributed by atoms with Crippen molar-refractivity contribution in [3.63, 3.8) is 0 Å². The van der Waals surface area contributed by atoms with Gasteiger partial charge in [0.1, 0.15) is 10.9 Å². The van der Waals surface area contributed by atoms with E-state index in [4.69, 9.17) is 0 Å². The number of nitrogens with one attached hydrogen (secondary N) is 1. The number of amides is 2. The number of anilines is 1. The molecule has 8 nitrogen and oxygen atoms in total. The van der Waals surface area contributed by atoms with Crippen molar-refractivity contribution in [2.75, 3.05) is 5.32 Å². The fourth-order valence-corrected chi connectivity index (χ4v) is 4.14. The van der Waals surface area contributed by atoms with Crippen molar-refractivity contribution in [3.05, 3.63) is 47.8 Å². The molecule has 0 spiro atoms. The van der Waals surface area contributed by atoms with Crippen molar-refractivity contribution in [2.45, 2.75) is 24.8 Å². The van der Waals surface area contributed by atoms with Gasteiger partial charge in [-0.15, -0.1) is 0 Å². The Labute approximate surface area is 138 Å². The maximum absolute atomic E-state index is 12.5. The molecule has 24 heavy (non-hydrogen) atoms. The SMILES string of the molecule is Cc1ccnc(NC(=O)[C@H](C)N2C(=O)c3ccccc3S2(=O)=O)n1. The highest BCUT2D eigenvalue weighted by Gasteiger charge is 2.45. The van der Waals surface area contributed by atoms with E-state index in [9.17, 15) is 18.0 Å². The molecule has 1 aromatic carbocycles. The first-order valence-corrected chi connectivity index (χ1v) is 8.54. The van der Waals surface area contributed by atoms with Crippen LogP contribution in [0.3, 0.4) is 0 Å². The second-order valence-electron chi connectivity index (χ2n) is 5.29. The molecule has 9 heteroatoms. The lowest BCUT2D eigenvalue weighted by molar-refractivity contribution is -0.118. The van der Waals surface area contributed by atoms with Crippen LogP contribution < -0.4 is 5.32 Å². The topological polar surface area (TPSA) is 109 Å². The predicted molar refractivity (Wildman–Crippen MR) is 84.7 cm³/mol. The summed E-state index contributed by atoms with van der Waals surface area (Å²) in [6.07, 6.45) is 1.47. The van der Waals surface area contributed by atoms with Crippen molar-refractivity contribution < 1.29 is 18.0 Å². The molecule has 1 aliphatic heterocycles. The minimum atomic E-state index is -4.06. The van der Waals surface area contributed by atoms with Gasteiger partial charge in [0.15, 0.2) is 0 Å². The van der Waals surface area contributed by atoms with Crippen LogP contribution >= 0.6 is 0 Å². The summed E-state index contributed by atoms with van der Waals surface area (Å²) in [7, 11) is -4.06. The Morgan fingerprint density at radius 1 is 1.25 bits per heavy atom. The molecule has 1 aliphatic rings. The summed E-state index contributed by atoms with van der Waals surface area (Å²) < 4.78 is 25.7. The fraction of sp³-hybridized carbons (Fsp3) is 0.200. The van der Waals surface area contributed by atoms with E-state index in [2.05, 4.69) is 15.3 Å². The highest BCUT2D eigenvalue weighted by Crippen LogP contribution is 2.31. The van der Waals surface area contributed by atoms with E-state index in [1.807, 2.05) is 0 Å². The molecule has 0 saturated heterocycles. The normalized spacial score (nSPS) is 16.6. The smallest absolute Gasteiger partial charge is 0.269 e. The highest BCUT2D eigenvalue weighted by atomic mass is 32.2. The monoisotopic (exact) mass is 346 g/mol. The van der Waals surface area contributed by atoms with E-state index in [1.165, 1.54) is 31.3 Å². The molecule has 0 radical (unpaired) electrons. The van der Waals surface area contributed by atoms with Gasteiger partial charge in [-0.05, 0) is 32.0 Å². The van der Waals surface area contributed by atoms with E-state index in [-0.39, 0.29) is 16.4 Å². The van der Waals surface area contributed by atoms with Crippen molar-refractivity contribution in [2.24, 2.45) is 0 Å². The van der Waals surface area contributed by atoms with Crippen LogP contribution in [-0.4, -0.2) is 40.5 Å². The summed E-state index contributed by atoms with van der Waals surface area (Å²) in [5, 5.41) is 2.43. The minimum absolute atomic E-state index is 0.0495. The van der Waals surface area contributed by atoms with Gasteiger partial charge in [-0.25, -0.2) is 22.7 Å². The van der Waals surface area contributed by atoms with Gasteiger partial charge in [-0.1, -0.05) is 12.1 Å². The van der Waals surface area contributed by atoms with Gasteiger partial charge in [0.25, 0.3) is 15.9 Å². The molecule has 0 bridgehead atoms. The highest BCUT2D eigenvalue weighted by molar-refractivity contribution is 7.90.